The Bertz CT molecular complexity index is 644. The maximum Gasteiger partial charge on any atom is 0.164 e. The predicted molar refractivity (Wildman–Crippen MR) is 77.2 cm³/mol. The average Bonchev–Trinajstić information content (AvgIpc) is 2.65. The largest absolute Gasteiger partial charge is 0.317 e. The van der Waals surface area contributed by atoms with E-state index in [9.17, 15) is 4.79 Å². The summed E-state index contributed by atoms with van der Waals surface area (Å²) in [5.74, 6) is 0.299. The summed E-state index contributed by atoms with van der Waals surface area (Å²) in [4.78, 5) is 12.0. The second-order valence-electron chi connectivity index (χ2n) is 5.60. The molecule has 3 rings (SSSR count). The fourth-order valence-corrected chi connectivity index (χ4v) is 3.17. The van der Waals surface area contributed by atoms with Crippen molar-refractivity contribution < 1.29 is 4.79 Å². The minimum Gasteiger partial charge on any atom is -0.317 e. The number of rotatable bonds is 1. The number of benzene rings is 1. The molecule has 98 valence electrons. The van der Waals surface area contributed by atoms with Crippen molar-refractivity contribution >= 4 is 5.78 Å². The molecule has 1 aliphatic rings. The van der Waals surface area contributed by atoms with Gasteiger partial charge in [0, 0.05) is 29.1 Å². The highest BCUT2D eigenvalue weighted by atomic mass is 16.1. The zero-order valence-electron chi connectivity index (χ0n) is 11.8. The molecule has 0 fully saturated rings. The smallest absolute Gasteiger partial charge is 0.164 e. The molecular weight excluding hydrogens is 234 g/mol. The van der Waals surface area contributed by atoms with Crippen LogP contribution in [0.5, 0.6) is 0 Å². The average molecular weight is 253 g/mol. The first-order chi connectivity index (χ1) is 9.06. The molecule has 2 heteroatoms. The number of Topliss-reactive ketones (excluding diaryl/α,β-unsaturated/α-hetero) is 1. The van der Waals surface area contributed by atoms with Crippen LogP contribution in [0, 0.1) is 20.8 Å². The number of carbonyl (C=O) groups is 1. The molecule has 1 aromatic heterocycles. The standard InChI is InChI=1S/C17H19NO/c1-11-7-12(2)9-14(8-11)18-13(3)10-15-16(18)5-4-6-17(15)19/h7-10H,4-6H2,1-3H3. The zero-order valence-corrected chi connectivity index (χ0v) is 11.8. The molecular formula is C17H19NO. The van der Waals surface area contributed by atoms with Crippen molar-refractivity contribution in [2.24, 2.45) is 0 Å². The number of hydrogen-bond donors (Lipinski definition) is 0. The van der Waals surface area contributed by atoms with Gasteiger partial charge in [0.05, 0.1) is 0 Å². The second kappa shape index (κ2) is 4.37. The van der Waals surface area contributed by atoms with E-state index < -0.39 is 0 Å². The Labute approximate surface area is 114 Å². The molecule has 0 spiro atoms. The highest BCUT2D eigenvalue weighted by Gasteiger charge is 2.23. The van der Waals surface area contributed by atoms with Crippen LogP contribution in [0.3, 0.4) is 0 Å². The molecule has 0 radical (unpaired) electrons. The van der Waals surface area contributed by atoms with Gasteiger partial charge in [0.1, 0.15) is 0 Å². The molecule has 0 saturated carbocycles. The highest BCUT2D eigenvalue weighted by Crippen LogP contribution is 2.28. The first kappa shape index (κ1) is 12.2. The Morgan fingerprint density at radius 2 is 1.63 bits per heavy atom. The summed E-state index contributed by atoms with van der Waals surface area (Å²) in [7, 11) is 0. The SMILES string of the molecule is Cc1cc(C)cc(-n2c(C)cc3c2CCCC3=O)c1. The topological polar surface area (TPSA) is 22.0 Å². The summed E-state index contributed by atoms with van der Waals surface area (Å²) < 4.78 is 2.26. The summed E-state index contributed by atoms with van der Waals surface area (Å²) in [6.07, 6.45) is 2.67. The summed E-state index contributed by atoms with van der Waals surface area (Å²) in [5, 5.41) is 0. The number of aryl methyl sites for hydroxylation is 3. The number of carbonyl (C=O) groups excluding carboxylic acids is 1. The molecule has 0 aliphatic heterocycles. The van der Waals surface area contributed by atoms with E-state index in [1.807, 2.05) is 0 Å². The summed E-state index contributed by atoms with van der Waals surface area (Å²) >= 11 is 0. The van der Waals surface area contributed by atoms with Crippen molar-refractivity contribution in [3.8, 4) is 5.69 Å². The van der Waals surface area contributed by atoms with E-state index in [0.717, 1.165) is 24.1 Å². The van der Waals surface area contributed by atoms with E-state index in [1.54, 1.807) is 0 Å². The number of aromatic nitrogens is 1. The fraction of sp³-hybridized carbons (Fsp3) is 0.353. The van der Waals surface area contributed by atoms with Crippen molar-refractivity contribution in [1.29, 1.82) is 0 Å². The van der Waals surface area contributed by atoms with Gasteiger partial charge >= 0.3 is 0 Å². The van der Waals surface area contributed by atoms with Crippen LogP contribution in [-0.4, -0.2) is 10.4 Å². The van der Waals surface area contributed by atoms with E-state index in [2.05, 4.69) is 49.6 Å². The third-order valence-corrected chi connectivity index (χ3v) is 3.87. The highest BCUT2D eigenvalue weighted by molar-refractivity contribution is 5.98. The lowest BCUT2D eigenvalue weighted by Crippen LogP contribution is -2.12. The number of fused-ring (bicyclic) bond motifs is 1. The molecule has 0 amide bonds. The molecule has 0 saturated heterocycles. The van der Waals surface area contributed by atoms with Gasteiger partial charge in [0.2, 0.25) is 0 Å². The molecule has 0 atom stereocenters. The van der Waals surface area contributed by atoms with Crippen LogP contribution >= 0.6 is 0 Å². The first-order valence-corrected chi connectivity index (χ1v) is 6.89. The van der Waals surface area contributed by atoms with Crippen LogP contribution in [-0.2, 0) is 6.42 Å². The Hall–Kier alpha value is -1.83. The fourth-order valence-electron chi connectivity index (χ4n) is 3.17. The van der Waals surface area contributed by atoms with E-state index in [4.69, 9.17) is 0 Å². The molecule has 1 heterocycles. The van der Waals surface area contributed by atoms with Crippen LogP contribution < -0.4 is 0 Å². The minimum atomic E-state index is 0.299. The number of nitrogens with zero attached hydrogens (tertiary/aromatic N) is 1. The van der Waals surface area contributed by atoms with Gasteiger partial charge in [-0.25, -0.2) is 0 Å². The lowest BCUT2D eigenvalue weighted by atomic mass is 9.96. The Morgan fingerprint density at radius 3 is 2.32 bits per heavy atom. The Kier molecular flexibility index (Phi) is 2.81. The third kappa shape index (κ3) is 2.01. The first-order valence-electron chi connectivity index (χ1n) is 6.89. The lowest BCUT2D eigenvalue weighted by Gasteiger charge is -2.17. The molecule has 1 aromatic carbocycles. The molecule has 19 heavy (non-hydrogen) atoms. The minimum absolute atomic E-state index is 0.299. The number of ketones is 1. The molecule has 0 unspecified atom stereocenters. The maximum atomic E-state index is 12.0. The molecule has 0 bridgehead atoms. The molecule has 2 nitrogen and oxygen atoms in total. The third-order valence-electron chi connectivity index (χ3n) is 3.87. The van der Waals surface area contributed by atoms with Gasteiger partial charge in [0.15, 0.2) is 5.78 Å². The van der Waals surface area contributed by atoms with Gasteiger partial charge in [-0.1, -0.05) is 6.07 Å². The van der Waals surface area contributed by atoms with Gasteiger partial charge in [0.25, 0.3) is 0 Å². The van der Waals surface area contributed by atoms with Gasteiger partial charge in [-0.15, -0.1) is 0 Å². The number of hydrogen-bond acceptors (Lipinski definition) is 1. The van der Waals surface area contributed by atoms with Crippen LogP contribution in [0.15, 0.2) is 24.3 Å². The molecule has 0 N–H and O–H groups in total. The maximum absolute atomic E-state index is 12.0. The van der Waals surface area contributed by atoms with Gasteiger partial charge < -0.3 is 4.57 Å². The quantitative estimate of drug-likeness (QED) is 0.755. The van der Waals surface area contributed by atoms with Crippen molar-refractivity contribution in [3.05, 3.63) is 52.3 Å². The van der Waals surface area contributed by atoms with Gasteiger partial charge in [-0.05, 0) is 62.9 Å². The van der Waals surface area contributed by atoms with Crippen LogP contribution in [0.2, 0.25) is 0 Å². The lowest BCUT2D eigenvalue weighted by molar-refractivity contribution is 0.0972. The van der Waals surface area contributed by atoms with E-state index in [0.29, 0.717) is 12.2 Å². The summed E-state index contributed by atoms with van der Waals surface area (Å²) in [5.41, 5.74) is 7.00. The summed E-state index contributed by atoms with van der Waals surface area (Å²) in [6, 6.07) is 8.62. The predicted octanol–water partition coefficient (Wildman–Crippen LogP) is 3.92. The zero-order chi connectivity index (χ0) is 13.6. The van der Waals surface area contributed by atoms with Gasteiger partial charge in [-0.3, -0.25) is 4.79 Å². The van der Waals surface area contributed by atoms with E-state index in [1.165, 1.54) is 22.5 Å². The van der Waals surface area contributed by atoms with E-state index in [-0.39, 0.29) is 0 Å². The van der Waals surface area contributed by atoms with Crippen LogP contribution in [0.4, 0.5) is 0 Å². The van der Waals surface area contributed by atoms with Crippen molar-refractivity contribution in [1.82, 2.24) is 4.57 Å². The Morgan fingerprint density at radius 1 is 0.947 bits per heavy atom. The second-order valence-corrected chi connectivity index (χ2v) is 5.60. The van der Waals surface area contributed by atoms with E-state index >= 15 is 0 Å². The monoisotopic (exact) mass is 253 g/mol. The summed E-state index contributed by atoms with van der Waals surface area (Å²) in [6.45, 7) is 6.32. The van der Waals surface area contributed by atoms with Gasteiger partial charge in [-0.2, -0.15) is 0 Å². The Balaban J connectivity index is 2.23. The molecule has 2 aromatic rings. The van der Waals surface area contributed by atoms with Crippen molar-refractivity contribution in [3.63, 3.8) is 0 Å². The molecule has 1 aliphatic carbocycles. The normalized spacial score (nSPS) is 14.6. The van der Waals surface area contributed by atoms with Crippen molar-refractivity contribution in [2.75, 3.05) is 0 Å². The van der Waals surface area contributed by atoms with Crippen LogP contribution in [0.1, 0.15) is 45.7 Å². The van der Waals surface area contributed by atoms with Crippen LogP contribution in [0.25, 0.3) is 5.69 Å². The van der Waals surface area contributed by atoms with Crippen molar-refractivity contribution in [2.45, 2.75) is 40.0 Å².